The van der Waals surface area contributed by atoms with Gasteiger partial charge in [0, 0.05) is 45.0 Å². The van der Waals surface area contributed by atoms with Crippen molar-refractivity contribution in [1.82, 2.24) is 24.6 Å². The predicted molar refractivity (Wildman–Crippen MR) is 125 cm³/mol. The van der Waals surface area contributed by atoms with E-state index in [1.165, 1.54) is 17.1 Å². The zero-order valence-electron chi connectivity index (χ0n) is 19.4. The van der Waals surface area contributed by atoms with Gasteiger partial charge in [-0.15, -0.1) is 0 Å². The van der Waals surface area contributed by atoms with Crippen LogP contribution in [0.25, 0.3) is 16.7 Å². The molecule has 0 bridgehead atoms. The molecule has 186 valence electrons. The van der Waals surface area contributed by atoms with Gasteiger partial charge in [-0.3, -0.25) is 0 Å². The molecule has 3 aromatic rings. The molecule has 2 aromatic heterocycles. The van der Waals surface area contributed by atoms with Gasteiger partial charge in [-0.05, 0) is 12.1 Å². The fourth-order valence-electron chi connectivity index (χ4n) is 4.36. The molecule has 35 heavy (non-hydrogen) atoms. The molecule has 1 aromatic carbocycles. The Bertz CT molecular complexity index is 1310. The van der Waals surface area contributed by atoms with Crippen LogP contribution in [-0.4, -0.2) is 83.9 Å². The Kier molecular flexibility index (Phi) is 6.56. The Hall–Kier alpha value is -3.25. The molecule has 0 atom stereocenters. The number of hydrogen-bond donors (Lipinski definition) is 0. The lowest BCUT2D eigenvalue weighted by molar-refractivity contribution is -0.0151. The van der Waals surface area contributed by atoms with Crippen LogP contribution in [-0.2, 0) is 19.3 Å². The number of aromatic nitrogens is 4. The molecule has 0 radical (unpaired) electrons. The van der Waals surface area contributed by atoms with Crippen molar-refractivity contribution < 1.29 is 27.4 Å². The van der Waals surface area contributed by atoms with Crippen molar-refractivity contribution in [3.8, 4) is 11.6 Å². The average molecular weight is 502 g/mol. The number of nitrogens with zero attached hydrogens (tertiary/aromatic N) is 5. The second-order valence-corrected chi connectivity index (χ2v) is 10.7. The van der Waals surface area contributed by atoms with E-state index in [1.807, 2.05) is 0 Å². The second-order valence-electron chi connectivity index (χ2n) is 8.71. The smallest absolute Gasteiger partial charge is 0.410 e. The Morgan fingerprint density at radius 2 is 1.80 bits per heavy atom. The van der Waals surface area contributed by atoms with Crippen LogP contribution >= 0.6 is 0 Å². The molecule has 2 saturated heterocycles. The van der Waals surface area contributed by atoms with Gasteiger partial charge in [0.15, 0.2) is 15.5 Å². The van der Waals surface area contributed by atoms with Crippen molar-refractivity contribution in [3.63, 3.8) is 0 Å². The normalized spacial score (nSPS) is 18.0. The number of ether oxygens (including phenoxy) is 3. The number of amides is 1. The molecule has 0 saturated carbocycles. The van der Waals surface area contributed by atoms with Gasteiger partial charge in [0.2, 0.25) is 5.88 Å². The number of hydrogen-bond acceptors (Lipinski definition) is 9. The molecule has 4 heterocycles. The van der Waals surface area contributed by atoms with Crippen LogP contribution < -0.4 is 4.74 Å². The van der Waals surface area contributed by atoms with Crippen molar-refractivity contribution in [2.45, 2.75) is 42.8 Å². The average Bonchev–Trinajstić information content (AvgIpc) is 3.30. The SMILES string of the molecule is CS(=O)(=O)c1ccccc1-n1ncc2c(OC3CCN(C(=O)OC4CCOCC4)CC3)ncnc21. The van der Waals surface area contributed by atoms with E-state index in [9.17, 15) is 13.2 Å². The number of carbonyl (C=O) groups excluding carboxylic acids is 1. The largest absolute Gasteiger partial charge is 0.474 e. The molecule has 0 unspecified atom stereocenters. The molecule has 2 fully saturated rings. The number of rotatable bonds is 5. The van der Waals surface area contributed by atoms with E-state index in [-0.39, 0.29) is 23.2 Å². The third-order valence-electron chi connectivity index (χ3n) is 6.24. The van der Waals surface area contributed by atoms with Gasteiger partial charge in [-0.2, -0.15) is 5.10 Å². The highest BCUT2D eigenvalue weighted by Crippen LogP contribution is 2.28. The lowest BCUT2D eigenvalue weighted by Gasteiger charge is -2.33. The first-order chi connectivity index (χ1) is 16.9. The molecule has 2 aliphatic rings. The number of carbonyl (C=O) groups is 1. The first-order valence-corrected chi connectivity index (χ1v) is 13.5. The molecular formula is C23H27N5O6S. The zero-order valence-corrected chi connectivity index (χ0v) is 20.2. The van der Waals surface area contributed by atoms with Crippen LogP contribution in [0.15, 0.2) is 41.7 Å². The number of sulfone groups is 1. The summed E-state index contributed by atoms with van der Waals surface area (Å²) in [6, 6.07) is 6.63. The number of piperidine rings is 1. The first-order valence-electron chi connectivity index (χ1n) is 11.6. The molecule has 2 aliphatic heterocycles. The van der Waals surface area contributed by atoms with Gasteiger partial charge < -0.3 is 19.1 Å². The van der Waals surface area contributed by atoms with Crippen molar-refractivity contribution in [2.24, 2.45) is 0 Å². The van der Waals surface area contributed by atoms with Crippen LogP contribution in [0, 0.1) is 0 Å². The van der Waals surface area contributed by atoms with Crippen LogP contribution in [0.3, 0.4) is 0 Å². The summed E-state index contributed by atoms with van der Waals surface area (Å²) in [5.41, 5.74) is 0.856. The van der Waals surface area contributed by atoms with Crippen molar-refractivity contribution >= 4 is 27.0 Å². The maximum absolute atomic E-state index is 12.5. The summed E-state index contributed by atoms with van der Waals surface area (Å²) in [6.45, 7) is 2.30. The fourth-order valence-corrected chi connectivity index (χ4v) is 5.22. The van der Waals surface area contributed by atoms with Crippen LogP contribution in [0.2, 0.25) is 0 Å². The third-order valence-corrected chi connectivity index (χ3v) is 7.38. The number of para-hydroxylation sites is 1. The maximum Gasteiger partial charge on any atom is 0.410 e. The van der Waals surface area contributed by atoms with Crippen LogP contribution in [0.4, 0.5) is 4.79 Å². The first kappa shape index (κ1) is 23.5. The molecule has 0 spiro atoms. The summed E-state index contributed by atoms with van der Waals surface area (Å²) in [7, 11) is -3.47. The van der Waals surface area contributed by atoms with Gasteiger partial charge >= 0.3 is 6.09 Å². The van der Waals surface area contributed by atoms with E-state index in [0.29, 0.717) is 61.7 Å². The molecule has 5 rings (SSSR count). The van der Waals surface area contributed by atoms with E-state index < -0.39 is 9.84 Å². The standard InChI is InChI=1S/C23H27N5O6S/c1-35(30,31)20-5-3-2-4-19(20)28-21-18(14-26-28)22(25-15-24-21)33-16-6-10-27(11-7-16)23(29)34-17-8-12-32-13-9-17/h2-5,14-17H,6-13H2,1H3. The molecule has 1 amide bonds. The predicted octanol–water partition coefficient (Wildman–Crippen LogP) is 2.38. The van der Waals surface area contributed by atoms with Gasteiger partial charge in [0.1, 0.15) is 23.9 Å². The van der Waals surface area contributed by atoms with Crippen LogP contribution in [0.1, 0.15) is 25.7 Å². The Balaban J connectivity index is 1.28. The highest BCUT2D eigenvalue weighted by molar-refractivity contribution is 7.90. The van der Waals surface area contributed by atoms with Gasteiger partial charge in [0.05, 0.1) is 30.0 Å². The topological polar surface area (TPSA) is 126 Å². The summed E-state index contributed by atoms with van der Waals surface area (Å²) in [5.74, 6) is 0.376. The van der Waals surface area contributed by atoms with E-state index in [1.54, 1.807) is 29.3 Å². The Morgan fingerprint density at radius 1 is 1.06 bits per heavy atom. The molecule has 0 N–H and O–H groups in total. The molecular weight excluding hydrogens is 474 g/mol. The minimum absolute atomic E-state index is 0.0797. The van der Waals surface area contributed by atoms with Crippen molar-refractivity contribution in [2.75, 3.05) is 32.6 Å². The quantitative estimate of drug-likeness (QED) is 0.518. The summed E-state index contributed by atoms with van der Waals surface area (Å²) >= 11 is 0. The van der Waals surface area contributed by atoms with Crippen LogP contribution in [0.5, 0.6) is 5.88 Å². The van der Waals surface area contributed by atoms with E-state index in [4.69, 9.17) is 14.2 Å². The minimum atomic E-state index is -3.47. The number of fused-ring (bicyclic) bond motifs is 1. The van der Waals surface area contributed by atoms with Crippen molar-refractivity contribution in [1.29, 1.82) is 0 Å². The lowest BCUT2D eigenvalue weighted by Crippen LogP contribution is -2.43. The third kappa shape index (κ3) is 5.08. The number of likely N-dealkylation sites (tertiary alicyclic amines) is 1. The summed E-state index contributed by atoms with van der Waals surface area (Å²) in [6.07, 6.45) is 6.35. The number of benzene rings is 1. The molecule has 11 nitrogen and oxygen atoms in total. The summed E-state index contributed by atoms with van der Waals surface area (Å²) in [5, 5.41) is 4.96. The lowest BCUT2D eigenvalue weighted by atomic mass is 10.1. The highest BCUT2D eigenvalue weighted by atomic mass is 32.2. The zero-order chi connectivity index (χ0) is 24.4. The van der Waals surface area contributed by atoms with Gasteiger partial charge in [-0.25, -0.2) is 27.9 Å². The molecule has 12 heteroatoms. The fraction of sp³-hybridized carbons (Fsp3) is 0.478. The van der Waals surface area contributed by atoms with E-state index >= 15 is 0 Å². The summed E-state index contributed by atoms with van der Waals surface area (Å²) < 4.78 is 43.1. The molecule has 0 aliphatic carbocycles. The van der Waals surface area contributed by atoms with Gasteiger partial charge in [0.25, 0.3) is 0 Å². The Morgan fingerprint density at radius 3 is 2.54 bits per heavy atom. The maximum atomic E-state index is 12.5. The van der Waals surface area contributed by atoms with Crippen molar-refractivity contribution in [3.05, 3.63) is 36.8 Å². The van der Waals surface area contributed by atoms with E-state index in [0.717, 1.165) is 19.1 Å². The monoisotopic (exact) mass is 501 g/mol. The minimum Gasteiger partial charge on any atom is -0.474 e. The Labute approximate surface area is 202 Å². The van der Waals surface area contributed by atoms with E-state index in [2.05, 4.69) is 15.1 Å². The van der Waals surface area contributed by atoms with Gasteiger partial charge in [-0.1, -0.05) is 12.1 Å². The summed E-state index contributed by atoms with van der Waals surface area (Å²) in [4.78, 5) is 23.0. The highest BCUT2D eigenvalue weighted by Gasteiger charge is 2.28. The second kappa shape index (κ2) is 9.78.